The van der Waals surface area contributed by atoms with Crippen LogP contribution in [0.15, 0.2) is 146 Å². The Kier molecular flexibility index (Phi) is 29.5. The predicted octanol–water partition coefficient (Wildman–Crippen LogP) is 24.3. The molecule has 133 heavy (non-hydrogen) atoms. The van der Waals surface area contributed by atoms with Gasteiger partial charge in [-0.2, -0.15) is 0 Å². The maximum atomic E-state index is 11.9. The van der Waals surface area contributed by atoms with Gasteiger partial charge in [-0.25, -0.2) is 24.9 Å². The Labute approximate surface area is 814 Å². The standard InChI is InChI=1S/C23H22N4OS2.C23H27N3OS2.C19H19N3O2S2.C19H21N3OS2.C18H18N2OS2/c1-14(28)26-22-21(23-27-18-4-2-3-5-19(18)29-23)17-7-6-16(12-20(17)30-22)25-13-15-8-10-24-11-9-15;1-14(27)24-22-21(23-26-18-9-5-6-10-19(18)28-23)17-12-11-16(13-20(17)29-22)25-15-7-3-2-4-8-15;1-10(23)20-12-7-8-13-16(9-12)26-18(21-11(2)24)17(13)19-22-14-5-3-4-6-15(14)25-19;1-11(23)20-18-17(19-21-14-6-4-5-7-15(14)24-19)13-9-8-12(22(2)3)10-16(13)25-18;1-10-7-8-12-15(9-10)23-17(19-11(2)21)16(12)18-20-13-5-3-4-6-14(13)22-18/h2-5,8-11,16,25H,6-7,12-13H2,1H3,(H,26,28);5-6,9-10,15-16,25H,2-4,7-8,11-13H2,1H3,(H,24,27);3-6,12H,7-9H2,1-2H3,(H,20,23)(H,21,24);4-7,12H,8-10H2,1-3H3,(H,20,23);3-6,10H,7-9H2,1-2H3,(H,19,21). The van der Waals surface area contributed by atoms with Gasteiger partial charge in [0.1, 0.15) is 50.0 Å². The van der Waals surface area contributed by atoms with Gasteiger partial charge in [0, 0.05) is 149 Å². The zero-order chi connectivity index (χ0) is 92.1. The highest BCUT2D eigenvalue weighted by Gasteiger charge is 2.36. The minimum absolute atomic E-state index is 0.00323. The van der Waals surface area contributed by atoms with Gasteiger partial charge in [-0.3, -0.25) is 33.8 Å². The number of rotatable bonds is 17. The van der Waals surface area contributed by atoms with Crippen LogP contribution in [0.1, 0.15) is 170 Å². The van der Waals surface area contributed by atoms with Gasteiger partial charge in [0.2, 0.25) is 35.4 Å². The molecule has 11 aromatic heterocycles. The highest BCUT2D eigenvalue weighted by molar-refractivity contribution is 7.25. The molecule has 6 amide bonds. The van der Waals surface area contributed by atoms with Crippen LogP contribution in [-0.4, -0.2) is 115 Å². The fourth-order valence-electron chi connectivity index (χ4n) is 18.9. The van der Waals surface area contributed by atoms with Gasteiger partial charge in [-0.15, -0.1) is 113 Å². The van der Waals surface area contributed by atoms with Crippen LogP contribution in [0.25, 0.3) is 104 Å². The molecule has 1 fully saturated rings. The van der Waals surface area contributed by atoms with Crippen LogP contribution < -0.4 is 42.5 Å². The number of thiazole rings is 5. The van der Waals surface area contributed by atoms with Crippen molar-refractivity contribution in [2.45, 2.75) is 214 Å². The van der Waals surface area contributed by atoms with Crippen molar-refractivity contribution in [1.29, 1.82) is 0 Å². The van der Waals surface area contributed by atoms with Crippen LogP contribution in [-0.2, 0) is 99.5 Å². The molecule has 16 aromatic rings. The predicted molar refractivity (Wildman–Crippen MR) is 559 cm³/mol. The first-order valence-corrected chi connectivity index (χ1v) is 53.9. The molecule has 0 bridgehead atoms. The summed E-state index contributed by atoms with van der Waals surface area (Å²) in [6.45, 7) is 12.5. The van der Waals surface area contributed by atoms with Gasteiger partial charge in [0.15, 0.2) is 0 Å². The Morgan fingerprint density at radius 1 is 0.331 bits per heavy atom. The number of hydrogen-bond acceptors (Lipinski definition) is 25. The van der Waals surface area contributed by atoms with Crippen molar-refractivity contribution in [2.24, 2.45) is 5.92 Å². The molecule has 0 aliphatic heterocycles. The molecular formula is C102H107N15O6S10. The molecule has 8 N–H and O–H groups in total. The molecule has 6 aliphatic carbocycles. The zero-order valence-electron chi connectivity index (χ0n) is 75.8. The van der Waals surface area contributed by atoms with E-state index in [-0.39, 0.29) is 41.5 Å². The Hall–Kier alpha value is -10.1. The summed E-state index contributed by atoms with van der Waals surface area (Å²) in [7, 11) is 4.29. The number of thiophene rings is 5. The lowest BCUT2D eigenvalue weighted by atomic mass is 9.88. The summed E-state index contributed by atoms with van der Waals surface area (Å²) in [5.74, 6) is 0.553. The zero-order valence-corrected chi connectivity index (χ0v) is 84.0. The van der Waals surface area contributed by atoms with E-state index in [9.17, 15) is 28.8 Å². The van der Waals surface area contributed by atoms with Crippen LogP contribution in [0.2, 0.25) is 0 Å². The minimum Gasteiger partial charge on any atom is -0.353 e. The molecule has 6 aliphatic rings. The number of anilines is 5. The van der Waals surface area contributed by atoms with Crippen LogP contribution >= 0.6 is 113 Å². The fourth-order valence-corrected chi connectivity index (χ4v) is 31.4. The molecular weight excluding hydrogens is 1850 g/mol. The third-order valence-electron chi connectivity index (χ3n) is 25.1. The first-order chi connectivity index (χ1) is 64.5. The molecule has 686 valence electrons. The van der Waals surface area contributed by atoms with Crippen LogP contribution in [0.3, 0.4) is 0 Å². The van der Waals surface area contributed by atoms with E-state index in [0.29, 0.717) is 24.2 Å². The second-order valence-corrected chi connectivity index (χ2v) is 46.0. The Morgan fingerprint density at radius 3 is 0.985 bits per heavy atom. The van der Waals surface area contributed by atoms with Crippen molar-refractivity contribution in [3.05, 3.63) is 204 Å². The van der Waals surface area contributed by atoms with Crippen LogP contribution in [0.5, 0.6) is 0 Å². The average molecular weight is 1960 g/mol. The molecule has 21 nitrogen and oxygen atoms in total. The Morgan fingerprint density at radius 2 is 0.639 bits per heavy atom. The highest BCUT2D eigenvalue weighted by atomic mass is 32.1. The quantitative estimate of drug-likeness (QED) is 0.0421. The van der Waals surface area contributed by atoms with E-state index in [1.165, 1.54) is 122 Å². The minimum atomic E-state index is -0.0793. The number of carbonyl (C=O) groups is 6. The molecule has 11 heterocycles. The van der Waals surface area contributed by atoms with Crippen LogP contribution in [0, 0.1) is 5.92 Å². The third-order valence-corrected chi connectivity index (χ3v) is 36.2. The topological polar surface area (TPSA) is 279 Å². The summed E-state index contributed by atoms with van der Waals surface area (Å²) in [5.41, 5.74) is 18.8. The van der Waals surface area contributed by atoms with Crippen molar-refractivity contribution >= 4 is 225 Å². The van der Waals surface area contributed by atoms with Crippen molar-refractivity contribution < 1.29 is 28.8 Å². The summed E-state index contributed by atoms with van der Waals surface area (Å²) in [6.07, 6.45) is 26.0. The van der Waals surface area contributed by atoms with Gasteiger partial charge >= 0.3 is 0 Å². The smallest absolute Gasteiger partial charge is 0.221 e. The fraction of sp³-hybridized carbons (Fsp3) is 0.353. The van der Waals surface area contributed by atoms with E-state index in [2.05, 4.69) is 116 Å². The Bertz CT molecular complexity index is 6810. The number of carbonyl (C=O) groups excluding carboxylic acids is 6. The van der Waals surface area contributed by atoms with Crippen molar-refractivity contribution in [1.82, 2.24) is 50.8 Å². The number of para-hydroxylation sites is 5. The van der Waals surface area contributed by atoms with E-state index in [0.717, 1.165) is 212 Å². The summed E-state index contributed by atoms with van der Waals surface area (Å²) >= 11 is 17.0. The number of aromatic nitrogens is 6. The second-order valence-electron chi connectivity index (χ2n) is 35.3. The number of pyridine rings is 1. The van der Waals surface area contributed by atoms with Gasteiger partial charge in [-0.1, -0.05) is 86.8 Å². The monoisotopic (exact) mass is 1960 g/mol. The number of nitrogens with one attached hydrogen (secondary N) is 8. The molecule has 0 radical (unpaired) electrons. The summed E-state index contributed by atoms with van der Waals surface area (Å²) in [6, 6.07) is 47.5. The lowest BCUT2D eigenvalue weighted by Gasteiger charge is -2.31. The summed E-state index contributed by atoms with van der Waals surface area (Å²) < 4.78 is 5.90. The maximum absolute atomic E-state index is 11.9. The molecule has 5 atom stereocenters. The first-order valence-electron chi connectivity index (χ1n) is 45.7. The lowest BCUT2D eigenvalue weighted by Crippen LogP contribution is -2.42. The van der Waals surface area contributed by atoms with Crippen molar-refractivity contribution in [3.8, 4) is 52.9 Å². The summed E-state index contributed by atoms with van der Waals surface area (Å²) in [4.78, 5) is 108. The first kappa shape index (κ1) is 93.3. The van der Waals surface area contributed by atoms with E-state index in [1.54, 1.807) is 148 Å². The van der Waals surface area contributed by atoms with E-state index in [4.69, 9.17) is 24.9 Å². The molecule has 31 heteroatoms. The van der Waals surface area contributed by atoms with Crippen LogP contribution in [0.4, 0.5) is 25.0 Å². The molecule has 1 saturated carbocycles. The largest absolute Gasteiger partial charge is 0.353 e. The number of hydrogen-bond donors (Lipinski definition) is 8. The maximum Gasteiger partial charge on any atom is 0.221 e. The van der Waals surface area contributed by atoms with Gasteiger partial charge in [0.25, 0.3) is 0 Å². The van der Waals surface area contributed by atoms with Crippen molar-refractivity contribution in [2.75, 3.05) is 40.7 Å². The number of fused-ring (bicyclic) bond motifs is 10. The van der Waals surface area contributed by atoms with Gasteiger partial charge < -0.3 is 47.4 Å². The SMILES string of the molecule is CC(=O)Nc1sc2c(c1-c1nc3ccccc3s1)CCC(C)C2.CC(=O)Nc1sc2c(c1-c1nc3ccccc3s1)CCC(N(C)C)C2.CC(=O)Nc1sc2c(c1-c1nc3ccccc3s1)CCC(NC(C)=O)C2.CC(=O)Nc1sc2c(c1-c1nc3ccccc3s1)CCC(NC1CCCCC1)C2.CC(=O)Nc1sc2c(c1-c1nc3ccccc3s1)CCC(NCc1ccncc1)C2. The second kappa shape index (κ2) is 42.0. The Balaban J connectivity index is 0.000000112. The molecule has 22 rings (SSSR count). The molecule has 5 aromatic carbocycles. The number of nitrogens with zero attached hydrogens (tertiary/aromatic N) is 7. The number of amides is 6. The summed E-state index contributed by atoms with van der Waals surface area (Å²) in [5, 5.41) is 35.6. The third kappa shape index (κ3) is 21.9. The average Bonchev–Trinajstić information content (AvgIpc) is 1.63. The van der Waals surface area contributed by atoms with Gasteiger partial charge in [0.05, 0.1) is 51.1 Å². The van der Waals surface area contributed by atoms with Crippen molar-refractivity contribution in [3.63, 3.8) is 0 Å². The number of likely N-dealkylation sites (N-methyl/N-ethyl adjacent to an activating group) is 1. The molecule has 5 unspecified atom stereocenters. The van der Waals surface area contributed by atoms with E-state index >= 15 is 0 Å². The molecule has 0 saturated heterocycles. The molecule has 0 spiro atoms. The van der Waals surface area contributed by atoms with E-state index in [1.807, 2.05) is 103 Å². The van der Waals surface area contributed by atoms with Gasteiger partial charge in [-0.05, 0) is 229 Å². The normalized spacial score (nSPS) is 17.3. The highest BCUT2D eigenvalue weighted by Crippen LogP contribution is 2.53. The van der Waals surface area contributed by atoms with E-state index < -0.39 is 0 Å². The lowest BCUT2D eigenvalue weighted by molar-refractivity contribution is -0.120. The number of benzene rings is 5.